The summed E-state index contributed by atoms with van der Waals surface area (Å²) >= 11 is 0. The molecular weight excluding hydrogens is 424 g/mol. The van der Waals surface area contributed by atoms with E-state index in [1.54, 1.807) is 14.2 Å². The smallest absolute Gasteiger partial charge is 0.127 e. The van der Waals surface area contributed by atoms with Gasteiger partial charge in [0.25, 0.3) is 0 Å². The van der Waals surface area contributed by atoms with E-state index in [1.807, 2.05) is 18.2 Å². The Bertz CT molecular complexity index is 995. The number of ether oxygens (including phenoxy) is 3. The average Bonchev–Trinajstić information content (AvgIpc) is 2.89. The van der Waals surface area contributed by atoms with Crippen molar-refractivity contribution in [1.29, 1.82) is 0 Å². The predicted octanol–water partition coefficient (Wildman–Crippen LogP) is 4.88. The van der Waals surface area contributed by atoms with Crippen LogP contribution in [0.25, 0.3) is 0 Å². The highest BCUT2D eigenvalue weighted by atomic mass is 16.5. The summed E-state index contributed by atoms with van der Waals surface area (Å²) in [6.07, 6.45) is 1.93. The van der Waals surface area contributed by atoms with Crippen molar-refractivity contribution in [2.24, 2.45) is 0 Å². The molecule has 0 saturated carbocycles. The lowest BCUT2D eigenvalue weighted by Gasteiger charge is -2.35. The van der Waals surface area contributed by atoms with Crippen molar-refractivity contribution in [1.82, 2.24) is 9.80 Å². The second kappa shape index (κ2) is 12.4. The van der Waals surface area contributed by atoms with Gasteiger partial charge in [0.15, 0.2) is 0 Å². The molecule has 5 heteroatoms. The molecule has 180 valence electrons. The molecule has 0 radical (unpaired) electrons. The van der Waals surface area contributed by atoms with Crippen molar-refractivity contribution >= 4 is 0 Å². The van der Waals surface area contributed by atoms with E-state index in [2.05, 4.69) is 64.4 Å². The molecule has 1 aliphatic heterocycles. The Hall–Kier alpha value is -3.02. The first kappa shape index (κ1) is 24.1. The molecule has 1 fully saturated rings. The second-order valence-electron chi connectivity index (χ2n) is 8.73. The third kappa shape index (κ3) is 6.52. The summed E-state index contributed by atoms with van der Waals surface area (Å²) in [6.45, 7) is 6.88. The van der Waals surface area contributed by atoms with Gasteiger partial charge in [-0.2, -0.15) is 0 Å². The summed E-state index contributed by atoms with van der Waals surface area (Å²) in [5.74, 6) is 2.79. The normalized spacial score (nSPS) is 14.6. The van der Waals surface area contributed by atoms with Crippen LogP contribution in [0.3, 0.4) is 0 Å². The number of hydrogen-bond acceptors (Lipinski definition) is 5. The number of hydrogen-bond donors (Lipinski definition) is 0. The molecule has 0 aromatic heterocycles. The van der Waals surface area contributed by atoms with Gasteiger partial charge in [-0.05, 0) is 35.7 Å². The monoisotopic (exact) mass is 460 g/mol. The molecule has 1 aliphatic rings. The zero-order valence-electron chi connectivity index (χ0n) is 20.4. The van der Waals surface area contributed by atoms with Gasteiger partial charge < -0.3 is 19.1 Å². The Kier molecular flexibility index (Phi) is 8.83. The number of para-hydroxylation sites is 1. The highest BCUT2D eigenvalue weighted by molar-refractivity contribution is 5.44. The van der Waals surface area contributed by atoms with Crippen LogP contribution in [0.1, 0.15) is 23.1 Å². The van der Waals surface area contributed by atoms with Crippen LogP contribution in [0.5, 0.6) is 17.2 Å². The maximum atomic E-state index is 6.19. The maximum absolute atomic E-state index is 6.19. The van der Waals surface area contributed by atoms with Gasteiger partial charge in [-0.15, -0.1) is 0 Å². The molecule has 34 heavy (non-hydrogen) atoms. The van der Waals surface area contributed by atoms with E-state index in [9.17, 15) is 0 Å². The van der Waals surface area contributed by atoms with Crippen LogP contribution >= 0.6 is 0 Å². The molecule has 0 bridgehead atoms. The highest BCUT2D eigenvalue weighted by Crippen LogP contribution is 2.30. The van der Waals surface area contributed by atoms with Gasteiger partial charge in [-0.1, -0.05) is 54.6 Å². The Balaban J connectivity index is 1.20. The molecule has 0 atom stereocenters. The summed E-state index contributed by atoms with van der Waals surface area (Å²) in [7, 11) is 3.44. The minimum absolute atomic E-state index is 0.741. The lowest BCUT2D eigenvalue weighted by Crippen LogP contribution is -2.46. The van der Waals surface area contributed by atoms with Crippen molar-refractivity contribution in [2.75, 3.05) is 53.6 Å². The van der Waals surface area contributed by atoms with Gasteiger partial charge in [0.2, 0.25) is 0 Å². The van der Waals surface area contributed by atoms with Gasteiger partial charge in [0, 0.05) is 45.7 Å². The van der Waals surface area contributed by atoms with Crippen LogP contribution in [0, 0.1) is 0 Å². The lowest BCUT2D eigenvalue weighted by atomic mass is 10.0. The summed E-state index contributed by atoms with van der Waals surface area (Å²) in [6, 6.07) is 24.9. The first-order valence-corrected chi connectivity index (χ1v) is 12.2. The van der Waals surface area contributed by atoms with Crippen molar-refractivity contribution < 1.29 is 14.2 Å². The maximum Gasteiger partial charge on any atom is 0.127 e. The summed E-state index contributed by atoms with van der Waals surface area (Å²) < 4.78 is 17.3. The molecule has 5 nitrogen and oxygen atoms in total. The third-order valence-corrected chi connectivity index (χ3v) is 6.46. The molecular formula is C29H36N2O3. The van der Waals surface area contributed by atoms with E-state index < -0.39 is 0 Å². The quantitative estimate of drug-likeness (QED) is 0.381. The molecule has 0 unspecified atom stereocenters. The number of nitrogens with zero attached hydrogens (tertiary/aromatic N) is 2. The Morgan fingerprint density at radius 2 is 1.29 bits per heavy atom. The summed E-state index contributed by atoms with van der Waals surface area (Å²) in [4.78, 5) is 5.02. The molecule has 0 amide bonds. The van der Waals surface area contributed by atoms with Crippen molar-refractivity contribution in [3.63, 3.8) is 0 Å². The Morgan fingerprint density at radius 1 is 0.676 bits per heavy atom. The van der Waals surface area contributed by atoms with E-state index >= 15 is 0 Å². The fourth-order valence-electron chi connectivity index (χ4n) is 4.56. The molecule has 0 N–H and O–H groups in total. The van der Waals surface area contributed by atoms with E-state index in [1.165, 1.54) is 11.1 Å². The summed E-state index contributed by atoms with van der Waals surface area (Å²) in [5.41, 5.74) is 3.68. The minimum Gasteiger partial charge on any atom is -0.496 e. The van der Waals surface area contributed by atoms with Crippen molar-refractivity contribution in [3.05, 3.63) is 89.5 Å². The molecule has 3 aromatic carbocycles. The van der Waals surface area contributed by atoms with E-state index in [-0.39, 0.29) is 0 Å². The first-order chi connectivity index (χ1) is 16.8. The zero-order valence-corrected chi connectivity index (χ0v) is 20.4. The lowest BCUT2D eigenvalue weighted by molar-refractivity contribution is 0.120. The van der Waals surface area contributed by atoms with Gasteiger partial charge in [0.05, 0.1) is 26.4 Å². The number of methoxy groups -OCH3 is 2. The number of piperazine rings is 1. The zero-order chi connectivity index (χ0) is 23.6. The fraction of sp³-hybridized carbons (Fsp3) is 0.379. The van der Waals surface area contributed by atoms with E-state index in [0.29, 0.717) is 0 Å². The standard InChI is InChI=1S/C29H36N2O3/c1-32-28-14-8-15-29(33-2)26(28)23-31-19-17-30(18-20-31)16-9-21-34-27-13-7-6-12-25(27)22-24-10-4-3-5-11-24/h3-8,10-15H,9,16-23H2,1-2H3. The average molecular weight is 461 g/mol. The Labute approximate surface area is 203 Å². The minimum atomic E-state index is 0.741. The third-order valence-electron chi connectivity index (χ3n) is 6.46. The molecule has 0 aliphatic carbocycles. The molecule has 1 heterocycles. The number of benzene rings is 3. The van der Waals surface area contributed by atoms with Crippen LogP contribution in [0.2, 0.25) is 0 Å². The van der Waals surface area contributed by atoms with Gasteiger partial charge in [-0.25, -0.2) is 0 Å². The topological polar surface area (TPSA) is 34.2 Å². The van der Waals surface area contributed by atoms with E-state index in [4.69, 9.17) is 14.2 Å². The Morgan fingerprint density at radius 3 is 2.00 bits per heavy atom. The number of rotatable bonds is 11. The molecule has 4 rings (SSSR count). The fourth-order valence-corrected chi connectivity index (χ4v) is 4.56. The molecule has 3 aromatic rings. The van der Waals surface area contributed by atoms with E-state index in [0.717, 1.165) is 81.5 Å². The second-order valence-corrected chi connectivity index (χ2v) is 8.73. The van der Waals surface area contributed by atoms with Gasteiger partial charge in [-0.3, -0.25) is 4.90 Å². The van der Waals surface area contributed by atoms with Crippen LogP contribution in [-0.4, -0.2) is 63.4 Å². The highest BCUT2D eigenvalue weighted by Gasteiger charge is 2.20. The molecule has 0 spiro atoms. The largest absolute Gasteiger partial charge is 0.496 e. The van der Waals surface area contributed by atoms with Crippen LogP contribution < -0.4 is 14.2 Å². The van der Waals surface area contributed by atoms with Gasteiger partial charge in [0.1, 0.15) is 17.2 Å². The van der Waals surface area contributed by atoms with Crippen LogP contribution in [-0.2, 0) is 13.0 Å². The van der Waals surface area contributed by atoms with Crippen LogP contribution in [0.15, 0.2) is 72.8 Å². The first-order valence-electron chi connectivity index (χ1n) is 12.2. The SMILES string of the molecule is COc1cccc(OC)c1CN1CCN(CCCOc2ccccc2Cc2ccccc2)CC1. The van der Waals surface area contributed by atoms with Gasteiger partial charge >= 0.3 is 0 Å². The molecule has 1 saturated heterocycles. The summed E-state index contributed by atoms with van der Waals surface area (Å²) in [5, 5.41) is 0. The predicted molar refractivity (Wildman–Crippen MR) is 137 cm³/mol. The van der Waals surface area contributed by atoms with Crippen LogP contribution in [0.4, 0.5) is 0 Å². The van der Waals surface area contributed by atoms with Crippen molar-refractivity contribution in [2.45, 2.75) is 19.4 Å². The van der Waals surface area contributed by atoms with Crippen molar-refractivity contribution in [3.8, 4) is 17.2 Å².